The fourth-order valence-corrected chi connectivity index (χ4v) is 5.55. The Hall–Kier alpha value is -2.59. The number of nitrogens with zero attached hydrogens (tertiary/aromatic N) is 2. The van der Waals surface area contributed by atoms with Gasteiger partial charge in [-0.05, 0) is 65.5 Å². The zero-order valence-electron chi connectivity index (χ0n) is 17.2. The second kappa shape index (κ2) is 7.03. The number of nitrogens with two attached hydrogens (primary N) is 1. The van der Waals surface area contributed by atoms with E-state index >= 15 is 0 Å². The highest BCUT2D eigenvalue weighted by molar-refractivity contribution is 6.24. The zero-order chi connectivity index (χ0) is 20.0. The number of hydrogen-bond donors (Lipinski definition) is 2. The van der Waals surface area contributed by atoms with Crippen molar-refractivity contribution in [2.24, 2.45) is 16.3 Å². The van der Waals surface area contributed by atoms with Crippen molar-refractivity contribution >= 4 is 17.0 Å². The van der Waals surface area contributed by atoms with Gasteiger partial charge in [0.1, 0.15) is 0 Å². The number of rotatable bonds is 3. The Balaban J connectivity index is 1.36. The molecule has 2 aliphatic heterocycles. The predicted octanol–water partition coefficient (Wildman–Crippen LogP) is 4.20. The Labute approximate surface area is 173 Å². The van der Waals surface area contributed by atoms with Crippen molar-refractivity contribution in [3.63, 3.8) is 0 Å². The zero-order valence-corrected chi connectivity index (χ0v) is 17.2. The fourth-order valence-electron chi connectivity index (χ4n) is 5.55. The molecule has 5 rings (SSSR count). The molecule has 1 saturated heterocycles. The molecule has 0 unspecified atom stereocenters. The van der Waals surface area contributed by atoms with E-state index in [9.17, 15) is 0 Å². The molecule has 0 amide bonds. The summed E-state index contributed by atoms with van der Waals surface area (Å²) >= 11 is 0. The van der Waals surface area contributed by atoms with Crippen molar-refractivity contribution in [3.05, 3.63) is 71.3 Å². The van der Waals surface area contributed by atoms with Gasteiger partial charge >= 0.3 is 0 Å². The van der Waals surface area contributed by atoms with Crippen molar-refractivity contribution in [2.75, 3.05) is 24.5 Å². The molecule has 4 heteroatoms. The molecule has 29 heavy (non-hydrogen) atoms. The van der Waals surface area contributed by atoms with Crippen LogP contribution in [0.25, 0.3) is 5.57 Å². The van der Waals surface area contributed by atoms with Gasteiger partial charge in [0, 0.05) is 37.8 Å². The minimum atomic E-state index is 0.168. The standard InChI is InChI=1S/C25H30N4/c1-17(22-10-13-27-28-22)20-8-5-9-23(18(20)2)29-14-11-25(12-15-29)16-19-6-3-4-7-21(19)24(25)26/h3-9,24,27H,1,10-16,26H2,2H3/t24-/m1/s1. The van der Waals surface area contributed by atoms with E-state index in [2.05, 4.69) is 71.4 Å². The van der Waals surface area contributed by atoms with Crippen molar-refractivity contribution in [3.8, 4) is 0 Å². The molecule has 0 bridgehead atoms. The maximum absolute atomic E-state index is 6.75. The van der Waals surface area contributed by atoms with Gasteiger partial charge in [0.15, 0.2) is 0 Å². The van der Waals surface area contributed by atoms with Crippen LogP contribution in [0.3, 0.4) is 0 Å². The van der Waals surface area contributed by atoms with Crippen LogP contribution in [-0.4, -0.2) is 25.3 Å². The second-order valence-corrected chi connectivity index (χ2v) is 8.85. The lowest BCUT2D eigenvalue weighted by Gasteiger charge is -2.43. The van der Waals surface area contributed by atoms with Gasteiger partial charge in [-0.1, -0.05) is 43.0 Å². The van der Waals surface area contributed by atoms with Gasteiger partial charge in [-0.25, -0.2) is 0 Å². The molecule has 4 nitrogen and oxygen atoms in total. The molecule has 150 valence electrons. The molecule has 3 aliphatic rings. The Morgan fingerprint density at radius 2 is 1.97 bits per heavy atom. The molecule has 3 N–H and O–H groups in total. The van der Waals surface area contributed by atoms with Gasteiger partial charge in [-0.2, -0.15) is 5.10 Å². The van der Waals surface area contributed by atoms with Gasteiger partial charge in [0.25, 0.3) is 0 Å². The van der Waals surface area contributed by atoms with Crippen LogP contribution < -0.4 is 16.1 Å². The number of fused-ring (bicyclic) bond motifs is 1. The number of hydrazone groups is 1. The van der Waals surface area contributed by atoms with Gasteiger partial charge < -0.3 is 16.1 Å². The van der Waals surface area contributed by atoms with Gasteiger partial charge in [0.05, 0.1) is 5.71 Å². The van der Waals surface area contributed by atoms with E-state index < -0.39 is 0 Å². The van der Waals surface area contributed by atoms with Crippen LogP contribution in [0.4, 0.5) is 5.69 Å². The number of allylic oxidation sites excluding steroid dienone is 1. The normalized spacial score (nSPS) is 22.3. The molecule has 1 spiro atoms. The third-order valence-corrected chi connectivity index (χ3v) is 7.36. The fraction of sp³-hybridized carbons (Fsp3) is 0.400. The van der Waals surface area contributed by atoms with Crippen molar-refractivity contribution in [2.45, 2.75) is 38.6 Å². The molecule has 2 aromatic carbocycles. The summed E-state index contributed by atoms with van der Waals surface area (Å²) < 4.78 is 0. The number of nitrogens with one attached hydrogen (secondary N) is 1. The Morgan fingerprint density at radius 3 is 2.69 bits per heavy atom. The summed E-state index contributed by atoms with van der Waals surface area (Å²) in [5.41, 5.74) is 18.8. The maximum Gasteiger partial charge on any atom is 0.0693 e. The molecule has 1 fully saturated rings. The summed E-state index contributed by atoms with van der Waals surface area (Å²) in [5.74, 6) is 0. The third kappa shape index (κ3) is 2.98. The summed E-state index contributed by atoms with van der Waals surface area (Å²) in [7, 11) is 0. The van der Waals surface area contributed by atoms with Crippen LogP contribution in [-0.2, 0) is 6.42 Å². The lowest BCUT2D eigenvalue weighted by Crippen LogP contribution is -2.44. The molecule has 1 atom stereocenters. The molecule has 0 radical (unpaired) electrons. The van der Waals surface area contributed by atoms with Crippen molar-refractivity contribution in [1.29, 1.82) is 0 Å². The predicted molar refractivity (Wildman–Crippen MR) is 121 cm³/mol. The molecule has 2 heterocycles. The lowest BCUT2D eigenvalue weighted by atomic mass is 9.73. The minimum absolute atomic E-state index is 0.168. The first-order chi connectivity index (χ1) is 14.1. The average Bonchev–Trinajstić information content (AvgIpc) is 3.37. The summed E-state index contributed by atoms with van der Waals surface area (Å²) in [4.78, 5) is 2.54. The lowest BCUT2D eigenvalue weighted by molar-refractivity contribution is 0.187. The smallest absolute Gasteiger partial charge is 0.0693 e. The van der Waals surface area contributed by atoms with Crippen LogP contribution >= 0.6 is 0 Å². The summed E-state index contributed by atoms with van der Waals surface area (Å²) in [6, 6.07) is 15.5. The van der Waals surface area contributed by atoms with E-state index in [0.29, 0.717) is 0 Å². The minimum Gasteiger partial charge on any atom is -0.371 e. The van der Waals surface area contributed by atoms with E-state index in [0.717, 1.165) is 56.6 Å². The van der Waals surface area contributed by atoms with E-state index in [1.54, 1.807) is 0 Å². The largest absolute Gasteiger partial charge is 0.371 e. The molecule has 1 aliphatic carbocycles. The highest BCUT2D eigenvalue weighted by atomic mass is 15.3. The topological polar surface area (TPSA) is 53.7 Å². The molecule has 0 saturated carbocycles. The number of benzene rings is 2. The first kappa shape index (κ1) is 18.4. The first-order valence-corrected chi connectivity index (χ1v) is 10.8. The second-order valence-electron chi connectivity index (χ2n) is 8.85. The molecule has 2 aromatic rings. The maximum atomic E-state index is 6.75. The van der Waals surface area contributed by atoms with Crippen LogP contribution in [0.2, 0.25) is 0 Å². The molecular formula is C25H30N4. The first-order valence-electron chi connectivity index (χ1n) is 10.8. The Bertz CT molecular complexity index is 982. The van der Waals surface area contributed by atoms with E-state index in [4.69, 9.17) is 5.73 Å². The highest BCUT2D eigenvalue weighted by Crippen LogP contribution is 2.51. The van der Waals surface area contributed by atoms with Crippen LogP contribution in [0, 0.1) is 12.3 Å². The van der Waals surface area contributed by atoms with Crippen molar-refractivity contribution < 1.29 is 0 Å². The quantitative estimate of drug-likeness (QED) is 0.831. The van der Waals surface area contributed by atoms with Crippen molar-refractivity contribution in [1.82, 2.24) is 5.43 Å². The van der Waals surface area contributed by atoms with E-state index in [-0.39, 0.29) is 11.5 Å². The molecular weight excluding hydrogens is 356 g/mol. The average molecular weight is 387 g/mol. The summed E-state index contributed by atoms with van der Waals surface area (Å²) in [6.07, 6.45) is 4.36. The van der Waals surface area contributed by atoms with E-state index in [1.807, 2.05) is 0 Å². The Kier molecular flexibility index (Phi) is 4.47. The van der Waals surface area contributed by atoms with E-state index in [1.165, 1.54) is 27.9 Å². The Morgan fingerprint density at radius 1 is 1.17 bits per heavy atom. The van der Waals surface area contributed by atoms with Crippen LogP contribution in [0.15, 0.2) is 54.1 Å². The van der Waals surface area contributed by atoms with Crippen LogP contribution in [0.5, 0.6) is 0 Å². The molecule has 0 aromatic heterocycles. The number of anilines is 1. The van der Waals surface area contributed by atoms with Crippen LogP contribution in [0.1, 0.15) is 47.6 Å². The summed E-state index contributed by atoms with van der Waals surface area (Å²) in [5, 5.41) is 4.41. The SMILES string of the molecule is C=C(C1=NNCC1)c1cccc(N2CCC3(CC2)Cc2ccccc2[C@H]3N)c1C. The third-order valence-electron chi connectivity index (χ3n) is 7.36. The van der Waals surface area contributed by atoms with Gasteiger partial charge in [0.2, 0.25) is 0 Å². The monoisotopic (exact) mass is 386 g/mol. The number of hydrogen-bond acceptors (Lipinski definition) is 4. The highest BCUT2D eigenvalue weighted by Gasteiger charge is 2.45. The number of piperidine rings is 1. The van der Waals surface area contributed by atoms with Gasteiger partial charge in [-0.15, -0.1) is 0 Å². The summed E-state index contributed by atoms with van der Waals surface area (Å²) in [6.45, 7) is 9.58. The van der Waals surface area contributed by atoms with Gasteiger partial charge in [-0.3, -0.25) is 0 Å².